The Kier molecular flexibility index (Phi) is 7.46. The highest BCUT2D eigenvalue weighted by Crippen LogP contribution is 2.61. The van der Waals surface area contributed by atoms with Gasteiger partial charge in [0.15, 0.2) is 40.6 Å². The topological polar surface area (TPSA) is 322 Å². The zero-order chi connectivity index (χ0) is 39.6. The number of hydrogen-bond acceptors (Lipinski definition) is 18. The summed E-state index contributed by atoms with van der Waals surface area (Å²) >= 11 is 0. The van der Waals surface area contributed by atoms with Crippen molar-refractivity contribution >= 4 is 17.5 Å². The number of ketones is 2. The fraction of sp³-hybridized carbons (Fsp3) is 0.216. The average Bonchev–Trinajstić information content (AvgIpc) is 3.52. The van der Waals surface area contributed by atoms with Gasteiger partial charge in [-0.3, -0.25) is 9.59 Å². The molecule has 4 aromatic rings. The number of rotatable bonds is 4. The Bertz CT molecular complexity index is 2430. The summed E-state index contributed by atoms with van der Waals surface area (Å²) in [6.07, 6.45) is -6.78. The van der Waals surface area contributed by atoms with Crippen molar-refractivity contribution in [3.8, 4) is 69.0 Å². The molecule has 2 aliphatic heterocycles. The summed E-state index contributed by atoms with van der Waals surface area (Å²) < 4.78 is 17.7. The first-order valence-corrected chi connectivity index (χ1v) is 16.3. The molecule has 55 heavy (non-hydrogen) atoms. The molecule has 0 saturated carbocycles. The molecule has 0 radical (unpaired) electrons. The van der Waals surface area contributed by atoms with Gasteiger partial charge in [0, 0.05) is 53.8 Å². The lowest BCUT2D eigenvalue weighted by molar-refractivity contribution is -0.127. The van der Waals surface area contributed by atoms with Gasteiger partial charge in [-0.2, -0.15) is 0 Å². The van der Waals surface area contributed by atoms with Gasteiger partial charge in [0.25, 0.3) is 0 Å². The predicted molar refractivity (Wildman–Crippen MR) is 178 cm³/mol. The molecular formula is C37H28O18. The van der Waals surface area contributed by atoms with Crippen LogP contribution in [0.2, 0.25) is 0 Å². The van der Waals surface area contributed by atoms with Gasteiger partial charge in [0.05, 0.1) is 23.1 Å². The third kappa shape index (κ3) is 4.91. The second kappa shape index (κ2) is 11.7. The standard InChI is InChI=1S/C37H28O18/c38-11-3-16(40)13-7-20(44)33(53-21(13)5-11)15-9-24(45)37(52)28(15)25-26(30(47)32(49)31(48)27(25)35(37)50)34-23(8-14-17(41)4-12(39)6-22(14)54-34)55-36(51)10-1-18(42)29(46)19(43)2-10/h1-6,9,20,23,28,33-34,38-44,46-49,52H,7-8H2/t20-,23-,28?,33-,34+,37?/m1/s1. The van der Waals surface area contributed by atoms with E-state index in [0.29, 0.717) is 0 Å². The Morgan fingerprint density at radius 3 is 1.84 bits per heavy atom. The van der Waals surface area contributed by atoms with Crippen molar-refractivity contribution in [1.29, 1.82) is 0 Å². The summed E-state index contributed by atoms with van der Waals surface area (Å²) in [4.78, 5) is 41.2. The van der Waals surface area contributed by atoms with Crippen molar-refractivity contribution in [2.45, 2.75) is 48.8 Å². The van der Waals surface area contributed by atoms with Crippen LogP contribution in [0.1, 0.15) is 55.0 Å². The minimum Gasteiger partial charge on any atom is -0.508 e. The zero-order valence-corrected chi connectivity index (χ0v) is 27.7. The molecular weight excluding hydrogens is 732 g/mol. The average molecular weight is 761 g/mol. The summed E-state index contributed by atoms with van der Waals surface area (Å²) in [5.74, 6) is -14.8. The van der Waals surface area contributed by atoms with E-state index in [1.165, 1.54) is 0 Å². The Balaban J connectivity index is 1.31. The molecule has 0 spiro atoms. The number of hydrogen-bond donors (Lipinski definition) is 12. The maximum absolute atomic E-state index is 14.1. The molecule has 0 aromatic heterocycles. The van der Waals surface area contributed by atoms with Gasteiger partial charge in [-0.1, -0.05) is 0 Å². The number of ether oxygens (including phenoxy) is 3. The molecule has 0 saturated heterocycles. The largest absolute Gasteiger partial charge is 0.508 e. The minimum atomic E-state index is -3.08. The molecule has 0 amide bonds. The number of esters is 1. The number of aliphatic hydroxyl groups is 2. The van der Waals surface area contributed by atoms with Crippen molar-refractivity contribution in [3.05, 3.63) is 81.4 Å². The summed E-state index contributed by atoms with van der Waals surface area (Å²) in [6, 6.07) is 5.57. The van der Waals surface area contributed by atoms with E-state index in [9.17, 15) is 75.7 Å². The van der Waals surface area contributed by atoms with Crippen molar-refractivity contribution in [3.63, 3.8) is 0 Å². The van der Waals surface area contributed by atoms with Gasteiger partial charge < -0.3 is 75.5 Å². The van der Waals surface area contributed by atoms with Crippen molar-refractivity contribution in [2.24, 2.45) is 0 Å². The number of carbonyl (C=O) groups is 3. The first kappa shape index (κ1) is 35.0. The van der Waals surface area contributed by atoms with Crippen molar-refractivity contribution in [1.82, 2.24) is 0 Å². The van der Waals surface area contributed by atoms with Crippen LogP contribution in [-0.2, 0) is 22.4 Å². The highest BCUT2D eigenvalue weighted by atomic mass is 16.6. The third-order valence-corrected chi connectivity index (χ3v) is 10.3. The number of Topliss-reactive ketones (excluding diaryl/α,β-unsaturated/α-hetero) is 1. The first-order valence-electron chi connectivity index (χ1n) is 16.3. The predicted octanol–water partition coefficient (Wildman–Crippen LogP) is 1.53. The maximum Gasteiger partial charge on any atom is 0.338 e. The lowest BCUT2D eigenvalue weighted by Gasteiger charge is -2.37. The molecule has 8 rings (SSSR count). The minimum absolute atomic E-state index is 0.0597. The van der Waals surface area contributed by atoms with E-state index < -0.39 is 140 Å². The van der Waals surface area contributed by atoms with Gasteiger partial charge in [0.2, 0.25) is 17.1 Å². The lowest BCUT2D eigenvalue weighted by atomic mass is 9.78. The molecule has 18 heteroatoms. The molecule has 4 aliphatic rings. The Hall–Kier alpha value is -7.05. The molecule has 12 N–H and O–H groups in total. The van der Waals surface area contributed by atoms with Crippen LogP contribution in [-0.4, -0.2) is 103 Å². The number of fused-ring (bicyclic) bond motifs is 5. The molecule has 18 nitrogen and oxygen atoms in total. The van der Waals surface area contributed by atoms with Crippen LogP contribution in [0.15, 0.2) is 48.0 Å². The Labute approximate surface area is 306 Å². The molecule has 4 aromatic carbocycles. The van der Waals surface area contributed by atoms with Gasteiger partial charge in [0.1, 0.15) is 46.7 Å². The number of phenols is 10. The lowest BCUT2D eigenvalue weighted by Crippen LogP contribution is -2.46. The summed E-state index contributed by atoms with van der Waals surface area (Å²) in [5.41, 5.74) is -5.94. The van der Waals surface area contributed by atoms with E-state index in [1.54, 1.807) is 0 Å². The monoisotopic (exact) mass is 760 g/mol. The fourth-order valence-electron chi connectivity index (χ4n) is 7.82. The Morgan fingerprint density at radius 2 is 1.24 bits per heavy atom. The quantitative estimate of drug-likeness (QED) is 0.0797. The van der Waals surface area contributed by atoms with Crippen molar-refractivity contribution < 1.29 is 89.9 Å². The van der Waals surface area contributed by atoms with E-state index in [1.807, 2.05) is 0 Å². The summed E-state index contributed by atoms with van der Waals surface area (Å²) in [7, 11) is 0. The number of phenolic OH excluding ortho intramolecular Hbond substituents is 10. The van der Waals surface area contributed by atoms with E-state index in [0.717, 1.165) is 42.5 Å². The van der Waals surface area contributed by atoms with E-state index in [4.69, 9.17) is 14.2 Å². The van der Waals surface area contributed by atoms with Crippen LogP contribution in [0.3, 0.4) is 0 Å². The first-order chi connectivity index (χ1) is 25.9. The normalized spacial score (nSPS) is 24.8. The number of aromatic hydroxyl groups is 10. The zero-order valence-electron chi connectivity index (χ0n) is 27.7. The number of carbonyl (C=O) groups excluding carboxylic acids is 3. The van der Waals surface area contributed by atoms with Crippen LogP contribution in [0, 0.1) is 0 Å². The van der Waals surface area contributed by atoms with Gasteiger partial charge >= 0.3 is 5.97 Å². The molecule has 284 valence electrons. The van der Waals surface area contributed by atoms with Crippen LogP contribution in [0.4, 0.5) is 0 Å². The smallest absolute Gasteiger partial charge is 0.338 e. The van der Waals surface area contributed by atoms with Crippen molar-refractivity contribution in [2.75, 3.05) is 0 Å². The van der Waals surface area contributed by atoms with Gasteiger partial charge in [-0.25, -0.2) is 4.79 Å². The number of benzene rings is 4. The summed E-state index contributed by atoms with van der Waals surface area (Å²) in [5, 5.41) is 128. The van der Waals surface area contributed by atoms with Gasteiger partial charge in [-0.15, -0.1) is 0 Å². The molecule has 0 fully saturated rings. The Morgan fingerprint density at radius 1 is 0.673 bits per heavy atom. The fourth-order valence-corrected chi connectivity index (χ4v) is 7.82. The maximum atomic E-state index is 14.1. The van der Waals surface area contributed by atoms with Crippen LogP contribution < -0.4 is 9.47 Å². The third-order valence-electron chi connectivity index (χ3n) is 10.3. The highest BCUT2D eigenvalue weighted by molar-refractivity contribution is 6.28. The van der Waals surface area contributed by atoms with Crippen LogP contribution >= 0.6 is 0 Å². The highest BCUT2D eigenvalue weighted by Gasteiger charge is 2.66. The number of aliphatic hydroxyl groups excluding tert-OH is 1. The SMILES string of the molecule is O=C(O[C@@H]1Cc2c(O)cc(O)cc2O[C@@H]1c1c(O)c(O)c(O)c2c1C1C([C@H]3Oc4cc(O)cc(O)c4C[C@H]3O)=CC(=O)C1(O)C2=O)c1cc(O)c(O)c(O)c1. The molecule has 2 heterocycles. The van der Waals surface area contributed by atoms with E-state index >= 15 is 0 Å². The van der Waals surface area contributed by atoms with E-state index in [2.05, 4.69) is 0 Å². The molecule has 2 aliphatic carbocycles. The second-order valence-electron chi connectivity index (χ2n) is 13.5. The second-order valence-corrected chi connectivity index (χ2v) is 13.5. The summed E-state index contributed by atoms with van der Waals surface area (Å²) in [6.45, 7) is 0. The van der Waals surface area contributed by atoms with Crippen LogP contribution in [0.5, 0.6) is 69.0 Å². The molecule has 6 atom stereocenters. The van der Waals surface area contributed by atoms with Crippen LogP contribution in [0.25, 0.3) is 0 Å². The molecule has 0 bridgehead atoms. The molecule has 2 unspecified atom stereocenters. The van der Waals surface area contributed by atoms with E-state index in [-0.39, 0.29) is 34.6 Å². The van der Waals surface area contributed by atoms with Gasteiger partial charge in [-0.05, 0) is 29.3 Å².